The number of nitrogens with one attached hydrogen (secondary N) is 4. The molecule has 0 aliphatic heterocycles. The minimum atomic E-state index is -0.474. The summed E-state index contributed by atoms with van der Waals surface area (Å²) in [5.74, 6) is -0.129. The maximum atomic E-state index is 12.7. The second kappa shape index (κ2) is 12.9. The molecule has 0 aromatic heterocycles. The molecule has 0 spiro atoms. The number of hydrazine groups is 1. The lowest BCUT2D eigenvalue weighted by Gasteiger charge is -2.14. The Labute approximate surface area is 206 Å². The molecule has 2 rings (SSSR count). The Kier molecular flexibility index (Phi) is 10.3. The van der Waals surface area contributed by atoms with Crippen LogP contribution in [0.25, 0.3) is 0 Å². The highest BCUT2D eigenvalue weighted by Gasteiger charge is 2.16. The van der Waals surface area contributed by atoms with Gasteiger partial charge in [0, 0.05) is 22.1 Å². The summed E-state index contributed by atoms with van der Waals surface area (Å²) in [6.45, 7) is 6.42. The van der Waals surface area contributed by atoms with Crippen molar-refractivity contribution in [2.75, 3.05) is 11.9 Å². The van der Waals surface area contributed by atoms with Gasteiger partial charge in [-0.25, -0.2) is 0 Å². The first-order valence-corrected chi connectivity index (χ1v) is 11.6. The zero-order valence-electron chi connectivity index (χ0n) is 18.7. The molecule has 0 aliphatic rings. The number of amides is 3. The molecule has 3 amide bonds. The van der Waals surface area contributed by atoms with Crippen LogP contribution in [0.15, 0.2) is 46.9 Å². The quantitative estimate of drug-likeness (QED) is 0.299. The van der Waals surface area contributed by atoms with E-state index >= 15 is 0 Å². The molecule has 0 saturated heterocycles. The van der Waals surface area contributed by atoms with Gasteiger partial charge in [0.2, 0.25) is 5.91 Å². The number of rotatable bonds is 8. The van der Waals surface area contributed by atoms with Crippen LogP contribution in [-0.4, -0.2) is 29.4 Å². The molecule has 8 nitrogen and oxygen atoms in total. The third kappa shape index (κ3) is 8.82. The fourth-order valence-corrected chi connectivity index (χ4v) is 3.06. The van der Waals surface area contributed by atoms with Crippen molar-refractivity contribution < 1.29 is 19.1 Å². The number of anilines is 1. The summed E-state index contributed by atoms with van der Waals surface area (Å²) in [7, 11) is 0. The molecular weight excluding hydrogens is 508 g/mol. The number of benzene rings is 2. The van der Waals surface area contributed by atoms with Crippen molar-refractivity contribution in [2.24, 2.45) is 5.92 Å². The Hall–Kier alpha value is -2.98. The van der Waals surface area contributed by atoms with Crippen molar-refractivity contribution in [2.45, 2.75) is 33.6 Å². The summed E-state index contributed by atoms with van der Waals surface area (Å²) < 4.78 is 6.48. The Morgan fingerprint density at radius 1 is 1.03 bits per heavy atom. The van der Waals surface area contributed by atoms with Gasteiger partial charge in [-0.2, -0.15) is 0 Å². The normalized spacial score (nSPS) is 10.3. The van der Waals surface area contributed by atoms with E-state index in [1.807, 2.05) is 0 Å². The molecule has 0 radical (unpaired) electrons. The molecule has 4 N–H and O–H groups in total. The number of thiocarbonyl (C=S) groups is 1. The van der Waals surface area contributed by atoms with Gasteiger partial charge in [0.1, 0.15) is 5.75 Å². The molecule has 0 atom stereocenters. The average Bonchev–Trinajstić information content (AvgIpc) is 2.78. The van der Waals surface area contributed by atoms with E-state index in [0.717, 1.165) is 10.9 Å². The van der Waals surface area contributed by atoms with Crippen molar-refractivity contribution >= 4 is 56.7 Å². The van der Waals surface area contributed by atoms with Crippen molar-refractivity contribution in [1.29, 1.82) is 0 Å². The van der Waals surface area contributed by atoms with Crippen LogP contribution in [0.5, 0.6) is 5.75 Å². The van der Waals surface area contributed by atoms with E-state index in [-0.39, 0.29) is 11.0 Å². The van der Waals surface area contributed by atoms with Gasteiger partial charge in [0.05, 0.1) is 12.2 Å². The molecule has 33 heavy (non-hydrogen) atoms. The molecule has 2 aromatic rings. The minimum absolute atomic E-state index is 0.0757. The molecule has 0 unspecified atom stereocenters. The van der Waals surface area contributed by atoms with Crippen molar-refractivity contribution in [3.63, 3.8) is 0 Å². The fourth-order valence-electron chi connectivity index (χ4n) is 2.55. The fraction of sp³-hybridized carbons (Fsp3) is 0.304. The second-order valence-electron chi connectivity index (χ2n) is 7.51. The standard InChI is InChI=1S/C23H27BrN4O4S/c1-4-20(29)25-17-8-5-15(6-9-17)21(30)27-28-23(33)26-22(31)18-13-16(24)7-10-19(18)32-12-11-14(2)3/h5-10,13-14H,4,11-12H2,1-3H3,(H,25,29)(H,27,30)(H2,26,28,31,33). The van der Waals surface area contributed by atoms with Crippen molar-refractivity contribution in [3.8, 4) is 5.75 Å². The molecule has 0 heterocycles. The monoisotopic (exact) mass is 534 g/mol. The van der Waals surface area contributed by atoms with Crippen LogP contribution < -0.4 is 26.2 Å². The lowest BCUT2D eigenvalue weighted by molar-refractivity contribution is -0.115. The SMILES string of the molecule is CCC(=O)Nc1ccc(C(=O)NNC(=S)NC(=O)c2cc(Br)ccc2OCCC(C)C)cc1. The first-order valence-electron chi connectivity index (χ1n) is 10.4. The van der Waals surface area contributed by atoms with Crippen LogP contribution in [0, 0.1) is 5.92 Å². The number of hydrogen-bond donors (Lipinski definition) is 4. The van der Waals surface area contributed by atoms with Crippen LogP contribution in [0.2, 0.25) is 0 Å². The predicted octanol–water partition coefficient (Wildman–Crippen LogP) is 4.17. The zero-order chi connectivity index (χ0) is 24.4. The Bertz CT molecular complexity index is 1010. The largest absolute Gasteiger partial charge is 0.493 e. The third-order valence-corrected chi connectivity index (χ3v) is 5.10. The number of ether oxygens (including phenoxy) is 1. The molecule has 0 bridgehead atoms. The number of carbonyl (C=O) groups excluding carboxylic acids is 3. The molecule has 0 fully saturated rings. The number of hydrogen-bond acceptors (Lipinski definition) is 5. The van der Waals surface area contributed by atoms with E-state index < -0.39 is 11.8 Å². The van der Waals surface area contributed by atoms with E-state index in [4.69, 9.17) is 17.0 Å². The van der Waals surface area contributed by atoms with Gasteiger partial charge in [0.25, 0.3) is 11.8 Å². The van der Waals surface area contributed by atoms with Crippen LogP contribution in [0.1, 0.15) is 54.3 Å². The highest BCUT2D eigenvalue weighted by molar-refractivity contribution is 9.10. The van der Waals surface area contributed by atoms with Crippen LogP contribution in [0.3, 0.4) is 0 Å². The van der Waals surface area contributed by atoms with E-state index in [1.165, 1.54) is 0 Å². The highest BCUT2D eigenvalue weighted by Crippen LogP contribution is 2.23. The summed E-state index contributed by atoms with van der Waals surface area (Å²) >= 11 is 8.48. The predicted molar refractivity (Wildman–Crippen MR) is 135 cm³/mol. The maximum Gasteiger partial charge on any atom is 0.269 e. The van der Waals surface area contributed by atoms with E-state index in [9.17, 15) is 14.4 Å². The summed E-state index contributed by atoms with van der Waals surface area (Å²) in [6.07, 6.45) is 1.22. The molecule has 10 heteroatoms. The first-order chi connectivity index (χ1) is 15.7. The van der Waals surface area contributed by atoms with Crippen LogP contribution in [-0.2, 0) is 4.79 Å². The molecule has 176 valence electrons. The zero-order valence-corrected chi connectivity index (χ0v) is 21.1. The maximum absolute atomic E-state index is 12.7. The minimum Gasteiger partial charge on any atom is -0.493 e. The van der Waals surface area contributed by atoms with Crippen LogP contribution >= 0.6 is 28.1 Å². The lowest BCUT2D eigenvalue weighted by atomic mass is 10.1. The van der Waals surface area contributed by atoms with Gasteiger partial charge in [-0.05, 0) is 67.0 Å². The molecule has 0 saturated carbocycles. The highest BCUT2D eigenvalue weighted by atomic mass is 79.9. The van der Waals surface area contributed by atoms with Crippen molar-refractivity contribution in [3.05, 3.63) is 58.1 Å². The number of carbonyl (C=O) groups is 3. The van der Waals surface area contributed by atoms with Gasteiger partial charge >= 0.3 is 0 Å². The third-order valence-electron chi connectivity index (χ3n) is 4.41. The van der Waals surface area contributed by atoms with E-state index in [1.54, 1.807) is 49.4 Å². The molecular formula is C23H27BrN4O4S. The Balaban J connectivity index is 1.91. The van der Waals surface area contributed by atoms with Gasteiger partial charge in [-0.1, -0.05) is 36.7 Å². The number of halogens is 1. The molecule has 0 aliphatic carbocycles. The van der Waals surface area contributed by atoms with E-state index in [2.05, 4.69) is 51.3 Å². The summed E-state index contributed by atoms with van der Waals surface area (Å²) in [5, 5.41) is 5.15. The van der Waals surface area contributed by atoms with Gasteiger partial charge in [0.15, 0.2) is 5.11 Å². The lowest BCUT2D eigenvalue weighted by Crippen LogP contribution is -2.48. The first kappa shape index (κ1) is 26.3. The topological polar surface area (TPSA) is 109 Å². The van der Waals surface area contributed by atoms with Crippen molar-refractivity contribution in [1.82, 2.24) is 16.2 Å². The van der Waals surface area contributed by atoms with E-state index in [0.29, 0.717) is 41.5 Å². The Morgan fingerprint density at radius 3 is 2.36 bits per heavy atom. The summed E-state index contributed by atoms with van der Waals surface area (Å²) in [5.41, 5.74) is 6.19. The second-order valence-corrected chi connectivity index (χ2v) is 8.84. The Morgan fingerprint density at radius 2 is 1.73 bits per heavy atom. The smallest absolute Gasteiger partial charge is 0.269 e. The van der Waals surface area contributed by atoms with Crippen LogP contribution in [0.4, 0.5) is 5.69 Å². The average molecular weight is 535 g/mol. The van der Waals surface area contributed by atoms with Gasteiger partial charge in [-0.15, -0.1) is 0 Å². The van der Waals surface area contributed by atoms with Gasteiger partial charge in [-0.3, -0.25) is 30.6 Å². The van der Waals surface area contributed by atoms with Gasteiger partial charge < -0.3 is 10.1 Å². The summed E-state index contributed by atoms with van der Waals surface area (Å²) in [4.78, 5) is 36.4. The summed E-state index contributed by atoms with van der Waals surface area (Å²) in [6, 6.07) is 11.5. The molecule has 2 aromatic carbocycles.